The first-order valence-electron chi connectivity index (χ1n) is 8.98. The zero-order chi connectivity index (χ0) is 17.5. The van der Waals surface area contributed by atoms with Crippen LogP contribution in [0.25, 0.3) is 6.08 Å². The fourth-order valence-corrected chi connectivity index (χ4v) is 3.49. The van der Waals surface area contributed by atoms with Crippen LogP contribution in [0.3, 0.4) is 0 Å². The molecule has 2 aromatic rings. The molecule has 0 amide bonds. The standard InChI is InChI=1S/C22H26O3/c1-24-20-13-11-17(12-14-20)16-25-22-19(9-5-15-23)8-4-10-21(22)18-6-2-3-7-18/h4-5,8-14,18,23H,2-3,6-7,15-16H2,1H3. The van der Waals surface area contributed by atoms with Crippen molar-refractivity contribution < 1.29 is 14.6 Å². The molecule has 1 fully saturated rings. The minimum atomic E-state index is 0.0333. The first-order chi connectivity index (χ1) is 12.3. The van der Waals surface area contributed by atoms with Gasteiger partial charge in [-0.3, -0.25) is 0 Å². The van der Waals surface area contributed by atoms with E-state index >= 15 is 0 Å². The molecule has 132 valence electrons. The third-order valence-corrected chi connectivity index (χ3v) is 4.82. The molecule has 2 aromatic carbocycles. The van der Waals surface area contributed by atoms with Crippen molar-refractivity contribution in [3.8, 4) is 11.5 Å². The lowest BCUT2D eigenvalue weighted by Gasteiger charge is -2.18. The van der Waals surface area contributed by atoms with E-state index in [1.807, 2.05) is 36.4 Å². The first kappa shape index (κ1) is 17.6. The minimum Gasteiger partial charge on any atom is -0.497 e. The van der Waals surface area contributed by atoms with Gasteiger partial charge in [0.2, 0.25) is 0 Å². The summed E-state index contributed by atoms with van der Waals surface area (Å²) in [6, 6.07) is 14.3. The van der Waals surface area contributed by atoms with Crippen LogP contribution >= 0.6 is 0 Å². The van der Waals surface area contributed by atoms with Gasteiger partial charge < -0.3 is 14.6 Å². The SMILES string of the molecule is COc1ccc(COc2c(C=CCO)cccc2C2CCCC2)cc1. The largest absolute Gasteiger partial charge is 0.497 e. The highest BCUT2D eigenvalue weighted by Crippen LogP contribution is 2.40. The van der Waals surface area contributed by atoms with Gasteiger partial charge in [-0.1, -0.05) is 55.3 Å². The van der Waals surface area contributed by atoms with Crippen molar-refractivity contribution in [2.75, 3.05) is 13.7 Å². The van der Waals surface area contributed by atoms with Crippen molar-refractivity contribution >= 4 is 6.08 Å². The molecule has 1 aliphatic rings. The van der Waals surface area contributed by atoms with Crippen LogP contribution < -0.4 is 9.47 Å². The Hall–Kier alpha value is -2.26. The van der Waals surface area contributed by atoms with Crippen LogP contribution in [0.15, 0.2) is 48.5 Å². The van der Waals surface area contributed by atoms with Gasteiger partial charge in [-0.2, -0.15) is 0 Å². The van der Waals surface area contributed by atoms with E-state index < -0.39 is 0 Å². The molecule has 1 N–H and O–H groups in total. The van der Waals surface area contributed by atoms with Crippen LogP contribution in [-0.4, -0.2) is 18.8 Å². The maximum absolute atomic E-state index is 9.12. The van der Waals surface area contributed by atoms with E-state index in [2.05, 4.69) is 12.1 Å². The number of methoxy groups -OCH3 is 1. The Morgan fingerprint density at radius 2 is 1.84 bits per heavy atom. The second-order valence-electron chi connectivity index (χ2n) is 6.47. The van der Waals surface area contributed by atoms with Crippen molar-refractivity contribution in [3.05, 3.63) is 65.2 Å². The number of ether oxygens (including phenoxy) is 2. The number of rotatable bonds is 7. The van der Waals surface area contributed by atoms with Gasteiger partial charge >= 0.3 is 0 Å². The molecule has 3 nitrogen and oxygen atoms in total. The van der Waals surface area contributed by atoms with E-state index in [-0.39, 0.29) is 6.61 Å². The average molecular weight is 338 g/mol. The van der Waals surface area contributed by atoms with E-state index in [1.165, 1.54) is 31.2 Å². The summed E-state index contributed by atoms with van der Waals surface area (Å²) in [6.07, 6.45) is 8.74. The predicted octanol–water partition coefficient (Wildman–Crippen LogP) is 4.94. The van der Waals surface area contributed by atoms with E-state index in [0.717, 1.165) is 22.6 Å². The molecule has 25 heavy (non-hydrogen) atoms. The molecule has 0 radical (unpaired) electrons. The number of aliphatic hydroxyl groups is 1. The molecule has 0 aromatic heterocycles. The summed E-state index contributed by atoms with van der Waals surface area (Å²) in [7, 11) is 1.67. The zero-order valence-electron chi connectivity index (χ0n) is 14.8. The third kappa shape index (κ3) is 4.43. The van der Waals surface area contributed by atoms with Crippen LogP contribution in [0.4, 0.5) is 0 Å². The highest BCUT2D eigenvalue weighted by molar-refractivity contribution is 5.61. The van der Waals surface area contributed by atoms with Gasteiger partial charge in [0.15, 0.2) is 0 Å². The zero-order valence-corrected chi connectivity index (χ0v) is 14.8. The molecule has 3 rings (SSSR count). The summed E-state index contributed by atoms with van der Waals surface area (Å²) in [5.74, 6) is 2.38. The third-order valence-electron chi connectivity index (χ3n) is 4.82. The lowest BCUT2D eigenvalue weighted by molar-refractivity contribution is 0.300. The normalized spacial score (nSPS) is 15.0. The van der Waals surface area contributed by atoms with Crippen LogP contribution in [0.5, 0.6) is 11.5 Å². The molecule has 0 heterocycles. The van der Waals surface area contributed by atoms with Crippen LogP contribution in [-0.2, 0) is 6.61 Å². The lowest BCUT2D eigenvalue weighted by atomic mass is 9.94. The monoisotopic (exact) mass is 338 g/mol. The van der Waals surface area contributed by atoms with E-state index in [9.17, 15) is 0 Å². The Bertz CT molecular complexity index is 698. The fraction of sp³-hybridized carbons (Fsp3) is 0.364. The molecule has 1 saturated carbocycles. The summed E-state index contributed by atoms with van der Waals surface area (Å²) in [6.45, 7) is 0.555. The van der Waals surface area contributed by atoms with Crippen molar-refractivity contribution in [1.82, 2.24) is 0 Å². The van der Waals surface area contributed by atoms with E-state index in [0.29, 0.717) is 12.5 Å². The molecular formula is C22H26O3. The van der Waals surface area contributed by atoms with Crippen molar-refractivity contribution in [2.24, 2.45) is 0 Å². The average Bonchev–Trinajstić information content (AvgIpc) is 3.19. The Morgan fingerprint density at radius 1 is 1.08 bits per heavy atom. The van der Waals surface area contributed by atoms with E-state index in [1.54, 1.807) is 13.2 Å². The molecule has 0 atom stereocenters. The van der Waals surface area contributed by atoms with Gasteiger partial charge in [0, 0.05) is 5.56 Å². The number of para-hydroxylation sites is 1. The predicted molar refractivity (Wildman–Crippen MR) is 101 cm³/mol. The summed E-state index contributed by atoms with van der Waals surface area (Å²) in [5, 5.41) is 9.12. The topological polar surface area (TPSA) is 38.7 Å². The summed E-state index contributed by atoms with van der Waals surface area (Å²) in [4.78, 5) is 0. The molecule has 0 saturated heterocycles. The number of hydrogen-bond donors (Lipinski definition) is 1. The minimum absolute atomic E-state index is 0.0333. The summed E-state index contributed by atoms with van der Waals surface area (Å²) < 4.78 is 11.5. The Morgan fingerprint density at radius 3 is 2.52 bits per heavy atom. The van der Waals surface area contributed by atoms with Gasteiger partial charge in [0.1, 0.15) is 18.1 Å². The smallest absolute Gasteiger partial charge is 0.130 e. The van der Waals surface area contributed by atoms with E-state index in [4.69, 9.17) is 14.6 Å². The number of aliphatic hydroxyl groups excluding tert-OH is 1. The molecular weight excluding hydrogens is 312 g/mol. The molecule has 0 aliphatic heterocycles. The fourth-order valence-electron chi connectivity index (χ4n) is 3.49. The highest BCUT2D eigenvalue weighted by atomic mass is 16.5. The molecule has 0 bridgehead atoms. The highest BCUT2D eigenvalue weighted by Gasteiger charge is 2.22. The summed E-state index contributed by atoms with van der Waals surface area (Å²) >= 11 is 0. The lowest BCUT2D eigenvalue weighted by Crippen LogP contribution is -2.03. The van der Waals surface area contributed by atoms with Crippen LogP contribution in [0.1, 0.15) is 48.3 Å². The van der Waals surface area contributed by atoms with Gasteiger partial charge in [0.25, 0.3) is 0 Å². The first-order valence-corrected chi connectivity index (χ1v) is 8.98. The maximum atomic E-state index is 9.12. The van der Waals surface area contributed by atoms with Gasteiger partial charge in [-0.15, -0.1) is 0 Å². The Balaban J connectivity index is 1.84. The molecule has 3 heteroatoms. The maximum Gasteiger partial charge on any atom is 0.130 e. The van der Waals surface area contributed by atoms with Gasteiger partial charge in [-0.05, 0) is 42.0 Å². The summed E-state index contributed by atoms with van der Waals surface area (Å²) in [5.41, 5.74) is 3.44. The number of benzene rings is 2. The van der Waals surface area contributed by atoms with Crippen LogP contribution in [0.2, 0.25) is 0 Å². The van der Waals surface area contributed by atoms with Crippen molar-refractivity contribution in [1.29, 1.82) is 0 Å². The van der Waals surface area contributed by atoms with Gasteiger partial charge in [0.05, 0.1) is 13.7 Å². The molecule has 1 aliphatic carbocycles. The van der Waals surface area contributed by atoms with Crippen molar-refractivity contribution in [2.45, 2.75) is 38.2 Å². The molecule has 0 unspecified atom stereocenters. The Labute approximate surface area is 149 Å². The Kier molecular flexibility index (Phi) is 6.13. The van der Waals surface area contributed by atoms with Gasteiger partial charge in [-0.25, -0.2) is 0 Å². The van der Waals surface area contributed by atoms with Crippen molar-refractivity contribution in [3.63, 3.8) is 0 Å². The second-order valence-corrected chi connectivity index (χ2v) is 6.47. The number of hydrogen-bond acceptors (Lipinski definition) is 3. The molecule has 0 spiro atoms. The van der Waals surface area contributed by atoms with Crippen LogP contribution in [0, 0.1) is 0 Å². The second kappa shape index (κ2) is 8.72. The quantitative estimate of drug-likeness (QED) is 0.777.